The van der Waals surface area contributed by atoms with E-state index in [9.17, 15) is 4.39 Å². The van der Waals surface area contributed by atoms with Crippen LogP contribution in [-0.2, 0) is 0 Å². The molecule has 0 amide bonds. The largest absolute Gasteiger partial charge is 0.321 e. The normalized spacial score (nSPS) is 12.6. The van der Waals surface area contributed by atoms with Crippen LogP contribution in [0, 0.1) is 5.82 Å². The van der Waals surface area contributed by atoms with Crippen LogP contribution in [0.2, 0.25) is 5.15 Å². The van der Waals surface area contributed by atoms with Gasteiger partial charge in [0.25, 0.3) is 0 Å². The van der Waals surface area contributed by atoms with E-state index >= 15 is 0 Å². The molecule has 1 unspecified atom stereocenters. The van der Waals surface area contributed by atoms with Crippen LogP contribution in [0.25, 0.3) is 0 Å². The fourth-order valence-corrected chi connectivity index (χ4v) is 0.982. The first kappa shape index (κ1) is 9.16. The molecule has 2 nitrogen and oxygen atoms in total. The highest BCUT2D eigenvalue weighted by molar-refractivity contribution is 6.29. The van der Waals surface area contributed by atoms with Gasteiger partial charge in [-0.05, 0) is 6.07 Å². The number of hydrogen-bond donors (Lipinski definition) is 1. The summed E-state index contributed by atoms with van der Waals surface area (Å²) >= 11 is 5.44. The molecule has 0 saturated heterocycles. The van der Waals surface area contributed by atoms with Crippen LogP contribution >= 0.6 is 11.6 Å². The summed E-state index contributed by atoms with van der Waals surface area (Å²) in [7, 11) is 0. The second-order valence-corrected chi connectivity index (χ2v) is 2.62. The predicted octanol–water partition coefficient (Wildman–Crippen LogP) is 2.06. The van der Waals surface area contributed by atoms with Crippen molar-refractivity contribution in [2.24, 2.45) is 5.73 Å². The third kappa shape index (κ3) is 1.62. The lowest BCUT2D eigenvalue weighted by Gasteiger charge is -2.07. The molecule has 0 radical (unpaired) electrons. The van der Waals surface area contributed by atoms with Gasteiger partial charge in [0.1, 0.15) is 0 Å². The summed E-state index contributed by atoms with van der Waals surface area (Å²) in [4.78, 5) is 3.56. The molecule has 1 rings (SSSR count). The Morgan fingerprint density at radius 2 is 2.42 bits per heavy atom. The molecule has 1 atom stereocenters. The van der Waals surface area contributed by atoms with Gasteiger partial charge in [-0.1, -0.05) is 17.7 Å². The monoisotopic (exact) mass is 186 g/mol. The summed E-state index contributed by atoms with van der Waals surface area (Å²) in [6.45, 7) is 3.45. The molecule has 0 fully saturated rings. The van der Waals surface area contributed by atoms with Crippen molar-refractivity contribution in [3.63, 3.8) is 0 Å². The highest BCUT2D eigenvalue weighted by Crippen LogP contribution is 2.20. The smallest absolute Gasteiger partial charge is 0.165 e. The molecular weight excluding hydrogens is 179 g/mol. The molecule has 0 aliphatic carbocycles. The van der Waals surface area contributed by atoms with Gasteiger partial charge in [-0.25, -0.2) is 9.37 Å². The van der Waals surface area contributed by atoms with E-state index < -0.39 is 11.9 Å². The number of pyridine rings is 1. The van der Waals surface area contributed by atoms with E-state index in [1.807, 2.05) is 0 Å². The summed E-state index contributed by atoms with van der Waals surface area (Å²) in [6, 6.07) is 0.943. The second kappa shape index (κ2) is 3.65. The molecule has 0 aliphatic heterocycles. The highest BCUT2D eigenvalue weighted by atomic mass is 35.5. The van der Waals surface area contributed by atoms with Crippen LogP contribution < -0.4 is 5.73 Å². The van der Waals surface area contributed by atoms with Crippen LogP contribution in [0.15, 0.2) is 24.9 Å². The molecule has 2 N–H and O–H groups in total. The Morgan fingerprint density at radius 1 is 1.75 bits per heavy atom. The molecular formula is C8H8ClFN2. The van der Waals surface area contributed by atoms with Gasteiger partial charge in [0.15, 0.2) is 11.0 Å². The van der Waals surface area contributed by atoms with Crippen LogP contribution in [0.3, 0.4) is 0 Å². The number of nitrogens with zero attached hydrogens (tertiary/aromatic N) is 1. The molecule has 0 saturated carbocycles. The Kier molecular flexibility index (Phi) is 2.78. The zero-order chi connectivity index (χ0) is 9.14. The van der Waals surface area contributed by atoms with Crippen LogP contribution in [0.4, 0.5) is 4.39 Å². The van der Waals surface area contributed by atoms with Crippen LogP contribution in [-0.4, -0.2) is 4.98 Å². The van der Waals surface area contributed by atoms with Crippen molar-refractivity contribution in [3.8, 4) is 0 Å². The fraction of sp³-hybridized carbons (Fsp3) is 0.125. The molecule has 0 aliphatic rings. The second-order valence-electron chi connectivity index (χ2n) is 2.27. The van der Waals surface area contributed by atoms with Gasteiger partial charge in [0, 0.05) is 11.8 Å². The number of nitrogens with two attached hydrogens (primary N) is 1. The van der Waals surface area contributed by atoms with Gasteiger partial charge in [-0.3, -0.25) is 0 Å². The van der Waals surface area contributed by atoms with E-state index in [-0.39, 0.29) is 5.15 Å². The number of rotatable bonds is 2. The first-order valence-corrected chi connectivity index (χ1v) is 3.72. The van der Waals surface area contributed by atoms with E-state index in [1.165, 1.54) is 18.3 Å². The molecule has 12 heavy (non-hydrogen) atoms. The molecule has 1 aromatic rings. The zero-order valence-corrected chi connectivity index (χ0v) is 7.05. The van der Waals surface area contributed by atoms with Crippen LogP contribution in [0.1, 0.15) is 11.6 Å². The Balaban J connectivity index is 3.15. The van der Waals surface area contributed by atoms with Gasteiger partial charge in [0.05, 0.1) is 6.04 Å². The van der Waals surface area contributed by atoms with Crippen molar-refractivity contribution >= 4 is 11.6 Å². The third-order valence-corrected chi connectivity index (χ3v) is 1.75. The average molecular weight is 187 g/mol. The molecule has 1 heterocycles. The molecule has 0 bridgehead atoms. The van der Waals surface area contributed by atoms with Crippen LogP contribution in [0.5, 0.6) is 0 Å². The molecule has 64 valence electrons. The lowest BCUT2D eigenvalue weighted by molar-refractivity contribution is 0.596. The first-order chi connectivity index (χ1) is 5.66. The molecule has 1 aromatic heterocycles. The quantitative estimate of drug-likeness (QED) is 0.567. The molecule has 0 aromatic carbocycles. The average Bonchev–Trinajstić information content (AvgIpc) is 2.08. The third-order valence-electron chi connectivity index (χ3n) is 1.49. The summed E-state index contributed by atoms with van der Waals surface area (Å²) in [5.74, 6) is -0.577. The number of halogens is 2. The summed E-state index contributed by atoms with van der Waals surface area (Å²) in [5, 5.41) is -0.162. The minimum absolute atomic E-state index is 0.162. The van der Waals surface area contributed by atoms with Crippen molar-refractivity contribution in [1.82, 2.24) is 4.98 Å². The summed E-state index contributed by atoms with van der Waals surface area (Å²) in [5.41, 5.74) is 5.83. The van der Waals surface area contributed by atoms with Crippen molar-refractivity contribution in [2.45, 2.75) is 6.04 Å². The van der Waals surface area contributed by atoms with Crippen molar-refractivity contribution in [1.29, 1.82) is 0 Å². The standard InChI is InChI=1S/C8H8ClFN2/c1-2-6(11)5-3-4-12-8(9)7(5)10/h2-4,6H,1,11H2. The van der Waals surface area contributed by atoms with E-state index in [0.29, 0.717) is 5.56 Å². The van der Waals surface area contributed by atoms with E-state index in [0.717, 1.165) is 0 Å². The fourth-order valence-electron chi connectivity index (χ4n) is 0.816. The van der Waals surface area contributed by atoms with E-state index in [1.54, 1.807) is 0 Å². The van der Waals surface area contributed by atoms with Gasteiger partial charge < -0.3 is 5.73 Å². The van der Waals surface area contributed by atoms with Gasteiger partial charge in [-0.2, -0.15) is 0 Å². The maximum atomic E-state index is 13.1. The number of hydrogen-bond acceptors (Lipinski definition) is 2. The lowest BCUT2D eigenvalue weighted by Crippen LogP contribution is -2.09. The Labute approximate surface area is 74.9 Å². The van der Waals surface area contributed by atoms with Gasteiger partial charge >= 0.3 is 0 Å². The topological polar surface area (TPSA) is 38.9 Å². The first-order valence-electron chi connectivity index (χ1n) is 3.35. The summed E-state index contributed by atoms with van der Waals surface area (Å²) < 4.78 is 13.1. The minimum atomic E-state index is -0.577. The van der Waals surface area contributed by atoms with E-state index in [4.69, 9.17) is 17.3 Å². The maximum absolute atomic E-state index is 13.1. The van der Waals surface area contributed by atoms with Crippen molar-refractivity contribution in [2.75, 3.05) is 0 Å². The minimum Gasteiger partial charge on any atom is -0.321 e. The highest BCUT2D eigenvalue weighted by Gasteiger charge is 2.11. The Hall–Kier alpha value is -0.930. The van der Waals surface area contributed by atoms with E-state index in [2.05, 4.69) is 11.6 Å². The predicted molar refractivity (Wildman–Crippen MR) is 46.3 cm³/mol. The number of aromatic nitrogens is 1. The Bertz CT molecular complexity index is 301. The maximum Gasteiger partial charge on any atom is 0.165 e. The van der Waals surface area contributed by atoms with Gasteiger partial charge in [0.2, 0.25) is 0 Å². The lowest BCUT2D eigenvalue weighted by atomic mass is 10.1. The van der Waals surface area contributed by atoms with Gasteiger partial charge in [-0.15, -0.1) is 6.58 Å². The molecule has 4 heteroatoms. The Morgan fingerprint density at radius 3 is 3.00 bits per heavy atom. The summed E-state index contributed by atoms with van der Waals surface area (Å²) in [6.07, 6.45) is 2.85. The zero-order valence-electron chi connectivity index (χ0n) is 6.30. The SMILES string of the molecule is C=CC(N)c1ccnc(Cl)c1F. The van der Waals surface area contributed by atoms with Crippen molar-refractivity contribution in [3.05, 3.63) is 41.5 Å². The van der Waals surface area contributed by atoms with Crippen molar-refractivity contribution < 1.29 is 4.39 Å². The molecule has 0 spiro atoms.